The van der Waals surface area contributed by atoms with Crippen LogP contribution in [0, 0.1) is 0 Å². The van der Waals surface area contributed by atoms with Crippen LogP contribution in [0.2, 0.25) is 0 Å². The van der Waals surface area contributed by atoms with Crippen LogP contribution in [0.25, 0.3) is 22.2 Å². The second kappa shape index (κ2) is 14.6. The monoisotopic (exact) mass is 664 g/mol. The van der Waals surface area contributed by atoms with Gasteiger partial charge < -0.3 is 21.3 Å². The summed E-state index contributed by atoms with van der Waals surface area (Å²) in [4.78, 5) is 25.9. The van der Waals surface area contributed by atoms with E-state index in [9.17, 15) is 18.0 Å². The van der Waals surface area contributed by atoms with E-state index < -0.39 is 17.8 Å². The van der Waals surface area contributed by atoms with E-state index in [1.54, 1.807) is 30.3 Å². The van der Waals surface area contributed by atoms with Crippen LogP contribution in [0.1, 0.15) is 42.4 Å². The van der Waals surface area contributed by atoms with Gasteiger partial charge in [0.15, 0.2) is 5.82 Å². The van der Waals surface area contributed by atoms with Gasteiger partial charge in [-0.3, -0.25) is 14.9 Å². The Balaban J connectivity index is 1.14. The number of carbonyl (C=O) groups is 1. The lowest BCUT2D eigenvalue weighted by atomic mass is 9.91. The Hall–Kier alpha value is -4.11. The number of nitrogens with zero attached hydrogens (tertiary/aromatic N) is 6. The molecule has 14 heteroatoms. The van der Waals surface area contributed by atoms with Gasteiger partial charge in [-0.2, -0.15) is 18.3 Å². The SMILES string of the molecule is CN1CCN(Cc2ccc(NC(=O)Nc3cc(-c4cc(CCNC5CCC(N)CC5)c5ncncc5c4)n(C)n3)cc2C(F)(F)F)CC1. The summed E-state index contributed by atoms with van der Waals surface area (Å²) in [5, 5.41) is 14.2. The molecule has 0 unspecified atom stereocenters. The van der Waals surface area contributed by atoms with E-state index in [2.05, 4.69) is 42.0 Å². The van der Waals surface area contributed by atoms with Gasteiger partial charge in [-0.25, -0.2) is 14.8 Å². The summed E-state index contributed by atoms with van der Waals surface area (Å²) in [5.74, 6) is 0.260. The zero-order chi connectivity index (χ0) is 33.8. The Morgan fingerprint density at radius 1 is 0.979 bits per heavy atom. The van der Waals surface area contributed by atoms with Crippen LogP contribution in [0.5, 0.6) is 0 Å². The van der Waals surface area contributed by atoms with E-state index in [0.29, 0.717) is 25.2 Å². The van der Waals surface area contributed by atoms with Crippen molar-refractivity contribution in [3.63, 3.8) is 0 Å². The molecule has 1 aliphatic carbocycles. The third kappa shape index (κ3) is 8.29. The van der Waals surface area contributed by atoms with Gasteiger partial charge in [0.1, 0.15) is 6.33 Å². The molecule has 2 aromatic heterocycles. The van der Waals surface area contributed by atoms with E-state index in [0.717, 1.165) is 85.5 Å². The number of fused-ring (bicyclic) bond motifs is 1. The number of carbonyl (C=O) groups excluding carboxylic acids is 1. The number of aryl methyl sites for hydroxylation is 1. The van der Waals surface area contributed by atoms with Crippen LogP contribution in [0.3, 0.4) is 0 Å². The minimum Gasteiger partial charge on any atom is -0.328 e. The lowest BCUT2D eigenvalue weighted by Gasteiger charge is -2.33. The highest BCUT2D eigenvalue weighted by Crippen LogP contribution is 2.35. The molecule has 2 aromatic carbocycles. The number of nitrogens with one attached hydrogen (secondary N) is 3. The number of hydrogen-bond donors (Lipinski definition) is 4. The summed E-state index contributed by atoms with van der Waals surface area (Å²) < 4.78 is 43.8. The maximum absolute atomic E-state index is 14.0. The molecule has 3 heterocycles. The summed E-state index contributed by atoms with van der Waals surface area (Å²) in [6, 6.07) is 9.81. The van der Waals surface area contributed by atoms with Crippen molar-refractivity contribution in [2.24, 2.45) is 12.8 Å². The van der Waals surface area contributed by atoms with E-state index in [-0.39, 0.29) is 23.6 Å². The first kappa shape index (κ1) is 33.8. The number of alkyl halides is 3. The summed E-state index contributed by atoms with van der Waals surface area (Å²) in [7, 11) is 3.77. The number of benzene rings is 2. The fraction of sp³-hybridized carbons (Fsp3) is 0.471. The molecule has 256 valence electrons. The number of amides is 2. The summed E-state index contributed by atoms with van der Waals surface area (Å²) in [6.45, 7) is 4.00. The van der Waals surface area contributed by atoms with Gasteiger partial charge in [0.05, 0.1) is 16.8 Å². The van der Waals surface area contributed by atoms with Crippen LogP contribution < -0.4 is 21.7 Å². The number of aromatic nitrogens is 4. The van der Waals surface area contributed by atoms with E-state index in [1.807, 2.05) is 18.0 Å². The molecule has 1 saturated carbocycles. The van der Waals surface area contributed by atoms with Crippen molar-refractivity contribution in [3.05, 3.63) is 65.6 Å². The number of nitrogens with two attached hydrogens (primary N) is 1. The molecule has 48 heavy (non-hydrogen) atoms. The van der Waals surface area contributed by atoms with Crippen LogP contribution in [-0.2, 0) is 26.2 Å². The average Bonchev–Trinajstić information content (AvgIpc) is 3.42. The maximum atomic E-state index is 14.0. The summed E-state index contributed by atoms with van der Waals surface area (Å²) in [6.07, 6.45) is 3.76. The Labute approximate surface area is 278 Å². The Bertz CT molecular complexity index is 1730. The number of likely N-dealkylation sites (N-methyl/N-ethyl adjacent to an activating group) is 1. The smallest absolute Gasteiger partial charge is 0.328 e. The fourth-order valence-corrected chi connectivity index (χ4v) is 6.63. The van der Waals surface area contributed by atoms with Crippen molar-refractivity contribution in [3.8, 4) is 11.3 Å². The highest BCUT2D eigenvalue weighted by atomic mass is 19.4. The zero-order valence-corrected chi connectivity index (χ0v) is 27.4. The van der Waals surface area contributed by atoms with Gasteiger partial charge in [0.2, 0.25) is 0 Å². The van der Waals surface area contributed by atoms with Crippen LogP contribution in [0.4, 0.5) is 29.5 Å². The Kier molecular flexibility index (Phi) is 10.2. The first-order valence-corrected chi connectivity index (χ1v) is 16.5. The van der Waals surface area contributed by atoms with Crippen molar-refractivity contribution in [2.45, 2.75) is 56.9 Å². The molecule has 2 aliphatic rings. The van der Waals surface area contributed by atoms with Gasteiger partial charge >= 0.3 is 12.2 Å². The van der Waals surface area contributed by atoms with Crippen molar-refractivity contribution in [2.75, 3.05) is 50.4 Å². The molecule has 0 atom stereocenters. The maximum Gasteiger partial charge on any atom is 0.416 e. The second-order valence-corrected chi connectivity index (χ2v) is 13.0. The molecular formula is C34H43F3N10O. The molecule has 0 spiro atoms. The molecule has 0 bridgehead atoms. The average molecular weight is 665 g/mol. The number of halogens is 3. The van der Waals surface area contributed by atoms with Crippen molar-refractivity contribution in [1.29, 1.82) is 0 Å². The van der Waals surface area contributed by atoms with Crippen LogP contribution >= 0.6 is 0 Å². The third-order valence-corrected chi connectivity index (χ3v) is 9.36. The Morgan fingerprint density at radius 3 is 2.50 bits per heavy atom. The van der Waals surface area contributed by atoms with Gasteiger partial charge in [0, 0.05) is 80.8 Å². The minimum atomic E-state index is -4.56. The molecule has 6 rings (SSSR count). The number of rotatable bonds is 9. The predicted molar refractivity (Wildman–Crippen MR) is 181 cm³/mol. The molecule has 1 aliphatic heterocycles. The minimum absolute atomic E-state index is 0.0435. The highest BCUT2D eigenvalue weighted by molar-refractivity contribution is 5.99. The fourth-order valence-electron chi connectivity index (χ4n) is 6.63. The summed E-state index contributed by atoms with van der Waals surface area (Å²) in [5.41, 5.74) is 9.11. The van der Waals surface area contributed by atoms with Gasteiger partial charge in [-0.15, -0.1) is 0 Å². The molecule has 2 fully saturated rings. The molecule has 11 nitrogen and oxygen atoms in total. The first-order valence-electron chi connectivity index (χ1n) is 16.5. The number of urea groups is 1. The lowest BCUT2D eigenvalue weighted by molar-refractivity contribution is -0.138. The van der Waals surface area contributed by atoms with Crippen molar-refractivity contribution in [1.82, 2.24) is 34.9 Å². The van der Waals surface area contributed by atoms with E-state index in [1.165, 1.54) is 12.1 Å². The molecule has 2 amide bonds. The van der Waals surface area contributed by atoms with E-state index in [4.69, 9.17) is 5.73 Å². The van der Waals surface area contributed by atoms with Gasteiger partial charge in [-0.05, 0) is 81.1 Å². The number of anilines is 2. The first-order chi connectivity index (χ1) is 23.0. The van der Waals surface area contributed by atoms with Crippen LogP contribution in [0.15, 0.2) is 48.9 Å². The van der Waals surface area contributed by atoms with Crippen molar-refractivity contribution < 1.29 is 18.0 Å². The van der Waals surface area contributed by atoms with Crippen molar-refractivity contribution >= 4 is 28.4 Å². The predicted octanol–water partition coefficient (Wildman–Crippen LogP) is 4.84. The molecular weight excluding hydrogens is 621 g/mol. The Morgan fingerprint density at radius 2 is 1.75 bits per heavy atom. The van der Waals surface area contributed by atoms with Gasteiger partial charge in [-0.1, -0.05) is 6.07 Å². The number of hydrogen-bond acceptors (Lipinski definition) is 8. The number of piperazine rings is 1. The third-order valence-electron chi connectivity index (χ3n) is 9.36. The molecule has 0 radical (unpaired) electrons. The van der Waals surface area contributed by atoms with Crippen LogP contribution in [-0.4, -0.2) is 87.4 Å². The second-order valence-electron chi connectivity index (χ2n) is 13.0. The highest BCUT2D eigenvalue weighted by Gasteiger charge is 2.34. The quantitative estimate of drug-likeness (QED) is 0.200. The zero-order valence-electron chi connectivity index (χ0n) is 27.4. The largest absolute Gasteiger partial charge is 0.416 e. The molecule has 1 saturated heterocycles. The van der Waals surface area contributed by atoms with E-state index >= 15 is 0 Å². The van der Waals surface area contributed by atoms with Gasteiger partial charge in [0.25, 0.3) is 0 Å². The topological polar surface area (TPSA) is 129 Å². The molecule has 4 aromatic rings. The summed E-state index contributed by atoms with van der Waals surface area (Å²) >= 11 is 0. The lowest BCUT2D eigenvalue weighted by Crippen LogP contribution is -2.44. The standard InChI is InChI=1S/C34H43F3N10O/c1-45-11-13-47(14-12-45)20-23-3-6-28(17-29(23)34(35,36)37)42-33(48)43-31-18-30(46(2)44-31)24-15-22(32-25(16-24)19-39-21-41-32)9-10-40-27-7-4-26(38)5-8-27/h3,6,15-19,21,26-27,40H,4-5,7-14,20,38H2,1-2H3,(H2,42,43,44,48). The molecule has 5 N–H and O–H groups in total. The normalized spacial score (nSPS) is 19.5.